The number of hydrogen-bond donors (Lipinski definition) is 2. The first-order chi connectivity index (χ1) is 12.6. The highest BCUT2D eigenvalue weighted by atomic mass is 19.1. The van der Waals surface area contributed by atoms with Crippen molar-refractivity contribution < 1.29 is 19.0 Å². The lowest BCUT2D eigenvalue weighted by atomic mass is 9.73. The van der Waals surface area contributed by atoms with E-state index in [0.29, 0.717) is 0 Å². The van der Waals surface area contributed by atoms with Crippen LogP contribution in [0.2, 0.25) is 0 Å². The topological polar surface area (TPSA) is 58.6 Å². The molecule has 1 saturated carbocycles. The Morgan fingerprint density at radius 2 is 1.69 bits per heavy atom. The zero-order valence-electron chi connectivity index (χ0n) is 14.5. The maximum Gasteiger partial charge on any atom is 0.407 e. The Kier molecular flexibility index (Phi) is 4.41. The van der Waals surface area contributed by atoms with Gasteiger partial charge in [-0.3, -0.25) is 0 Å². The summed E-state index contributed by atoms with van der Waals surface area (Å²) in [6, 6.07) is 16.2. The molecule has 0 heterocycles. The van der Waals surface area contributed by atoms with Gasteiger partial charge in [-0.15, -0.1) is 0 Å². The predicted octanol–water partition coefficient (Wildman–Crippen LogP) is 3.64. The summed E-state index contributed by atoms with van der Waals surface area (Å²) >= 11 is 0. The first kappa shape index (κ1) is 17.0. The number of aliphatic hydroxyl groups is 1. The van der Waals surface area contributed by atoms with Gasteiger partial charge in [0.1, 0.15) is 12.3 Å². The fourth-order valence-electron chi connectivity index (χ4n) is 4.13. The molecule has 4 nitrogen and oxygen atoms in total. The number of halogens is 1. The number of ether oxygens (including phenoxy) is 1. The quantitative estimate of drug-likeness (QED) is 0.861. The summed E-state index contributed by atoms with van der Waals surface area (Å²) in [5, 5.41) is 11.5. The van der Waals surface area contributed by atoms with Crippen LogP contribution >= 0.6 is 0 Å². The summed E-state index contributed by atoms with van der Waals surface area (Å²) in [4.78, 5) is 12.0. The normalized spacial score (nSPS) is 23.7. The number of rotatable bonds is 5. The van der Waals surface area contributed by atoms with Crippen LogP contribution in [0, 0.1) is 5.92 Å². The Morgan fingerprint density at radius 1 is 1.12 bits per heavy atom. The maximum atomic E-state index is 14.3. The van der Waals surface area contributed by atoms with Gasteiger partial charge in [0.15, 0.2) is 0 Å². The number of alkyl carbamates (subject to hydrolysis) is 1. The Hall–Kier alpha value is -2.40. The largest absolute Gasteiger partial charge is 0.449 e. The molecular formula is C21H22FNO3. The minimum Gasteiger partial charge on any atom is -0.449 e. The summed E-state index contributed by atoms with van der Waals surface area (Å²) in [7, 11) is 0. The molecule has 1 amide bonds. The second-order valence-electron chi connectivity index (χ2n) is 7.29. The summed E-state index contributed by atoms with van der Waals surface area (Å²) < 4.78 is 19.6. The van der Waals surface area contributed by atoms with E-state index in [2.05, 4.69) is 29.6 Å². The standard InChI is InChI=1S/C21H22FNO3/c22-21(9-14(10-21)11-24)13-23-20(25)26-12-19-17-7-3-1-5-15(17)16-6-2-4-8-18(16)19/h1-8,14,19,24H,9-13H2,(H,23,25). The van der Waals surface area contributed by atoms with Crippen LogP contribution in [0.3, 0.4) is 0 Å². The van der Waals surface area contributed by atoms with Crippen LogP contribution in [0.25, 0.3) is 11.1 Å². The average Bonchev–Trinajstić information content (AvgIpc) is 2.96. The van der Waals surface area contributed by atoms with E-state index in [9.17, 15) is 9.18 Å². The molecule has 0 saturated heterocycles. The Balaban J connectivity index is 1.37. The number of nitrogens with one attached hydrogen (secondary N) is 1. The lowest BCUT2D eigenvalue weighted by Gasteiger charge is -2.40. The van der Waals surface area contributed by atoms with Gasteiger partial charge in [-0.25, -0.2) is 9.18 Å². The predicted molar refractivity (Wildman–Crippen MR) is 96.7 cm³/mol. The molecule has 0 aliphatic heterocycles. The summed E-state index contributed by atoms with van der Waals surface area (Å²) in [6.07, 6.45) is -0.0309. The van der Waals surface area contributed by atoms with Crippen LogP contribution in [0.5, 0.6) is 0 Å². The number of carbonyl (C=O) groups is 1. The van der Waals surface area contributed by atoms with Crippen molar-refractivity contribution in [2.45, 2.75) is 24.4 Å². The summed E-state index contributed by atoms with van der Waals surface area (Å²) in [5.41, 5.74) is 3.22. The SMILES string of the molecule is O=C(NCC1(F)CC(CO)C1)OCC1c2ccccc2-c2ccccc21. The molecule has 2 aromatic carbocycles. The Bertz CT molecular complexity index is 771. The Labute approximate surface area is 152 Å². The number of aliphatic hydroxyl groups excluding tert-OH is 1. The van der Waals surface area contributed by atoms with E-state index in [4.69, 9.17) is 9.84 Å². The van der Waals surface area contributed by atoms with Gasteiger partial charge in [-0.2, -0.15) is 0 Å². The highest BCUT2D eigenvalue weighted by Crippen LogP contribution is 2.44. The van der Waals surface area contributed by atoms with Gasteiger partial charge in [0.25, 0.3) is 0 Å². The Morgan fingerprint density at radius 3 is 2.27 bits per heavy atom. The number of carbonyl (C=O) groups excluding carboxylic acids is 1. The van der Waals surface area contributed by atoms with Crippen LogP contribution < -0.4 is 5.32 Å². The van der Waals surface area contributed by atoms with E-state index in [0.717, 1.165) is 11.1 Å². The van der Waals surface area contributed by atoms with E-state index < -0.39 is 11.8 Å². The van der Waals surface area contributed by atoms with Crippen molar-refractivity contribution in [1.29, 1.82) is 0 Å². The molecule has 136 valence electrons. The molecule has 2 N–H and O–H groups in total. The van der Waals surface area contributed by atoms with Crippen LogP contribution in [0.4, 0.5) is 9.18 Å². The van der Waals surface area contributed by atoms with Crippen LogP contribution in [-0.2, 0) is 4.74 Å². The van der Waals surface area contributed by atoms with Gasteiger partial charge in [-0.1, -0.05) is 48.5 Å². The summed E-state index contributed by atoms with van der Waals surface area (Å²) in [5.74, 6) is -0.000675. The zero-order valence-corrected chi connectivity index (χ0v) is 14.5. The third-order valence-corrected chi connectivity index (χ3v) is 5.46. The van der Waals surface area contributed by atoms with Crippen LogP contribution in [0.1, 0.15) is 29.9 Å². The van der Waals surface area contributed by atoms with E-state index in [-0.39, 0.29) is 44.4 Å². The van der Waals surface area contributed by atoms with Crippen molar-refractivity contribution in [1.82, 2.24) is 5.32 Å². The molecule has 2 aliphatic rings. The van der Waals surface area contributed by atoms with Gasteiger partial charge < -0.3 is 15.2 Å². The minimum atomic E-state index is -1.42. The van der Waals surface area contributed by atoms with Crippen molar-refractivity contribution in [3.8, 4) is 11.1 Å². The number of amides is 1. The second-order valence-corrected chi connectivity index (χ2v) is 7.29. The monoisotopic (exact) mass is 355 g/mol. The van der Waals surface area contributed by atoms with Gasteiger partial charge in [0, 0.05) is 12.5 Å². The average molecular weight is 355 g/mol. The number of benzene rings is 2. The molecule has 0 aromatic heterocycles. The van der Waals surface area contributed by atoms with E-state index >= 15 is 0 Å². The lowest BCUT2D eigenvalue weighted by molar-refractivity contribution is -0.0168. The molecule has 4 rings (SSSR count). The fraction of sp³-hybridized carbons (Fsp3) is 0.381. The molecule has 26 heavy (non-hydrogen) atoms. The molecule has 0 atom stereocenters. The van der Waals surface area contributed by atoms with Crippen molar-refractivity contribution in [3.05, 3.63) is 59.7 Å². The highest BCUT2D eigenvalue weighted by molar-refractivity contribution is 5.79. The molecule has 0 bridgehead atoms. The van der Waals surface area contributed by atoms with Crippen molar-refractivity contribution >= 4 is 6.09 Å². The molecule has 5 heteroatoms. The zero-order chi connectivity index (χ0) is 18.1. The van der Waals surface area contributed by atoms with Gasteiger partial charge in [0.2, 0.25) is 0 Å². The molecule has 1 fully saturated rings. The van der Waals surface area contributed by atoms with Gasteiger partial charge in [-0.05, 0) is 41.0 Å². The van der Waals surface area contributed by atoms with Gasteiger partial charge >= 0.3 is 6.09 Å². The highest BCUT2D eigenvalue weighted by Gasteiger charge is 2.44. The first-order valence-electron chi connectivity index (χ1n) is 8.98. The van der Waals surface area contributed by atoms with Crippen molar-refractivity contribution in [3.63, 3.8) is 0 Å². The van der Waals surface area contributed by atoms with Gasteiger partial charge in [0.05, 0.1) is 6.54 Å². The van der Waals surface area contributed by atoms with Crippen LogP contribution in [-0.4, -0.2) is 36.6 Å². The lowest BCUT2D eigenvalue weighted by Crippen LogP contribution is -2.50. The molecular weight excluding hydrogens is 333 g/mol. The van der Waals surface area contributed by atoms with E-state index in [1.165, 1.54) is 11.1 Å². The number of fused-ring (bicyclic) bond motifs is 3. The van der Waals surface area contributed by atoms with Crippen LogP contribution in [0.15, 0.2) is 48.5 Å². The molecule has 2 aliphatic carbocycles. The molecule has 2 aromatic rings. The summed E-state index contributed by atoms with van der Waals surface area (Å²) in [6.45, 7) is 0.148. The first-order valence-corrected chi connectivity index (χ1v) is 8.98. The maximum absolute atomic E-state index is 14.3. The number of hydrogen-bond acceptors (Lipinski definition) is 3. The van der Waals surface area contributed by atoms with E-state index in [1.54, 1.807) is 0 Å². The number of alkyl halides is 1. The van der Waals surface area contributed by atoms with Crippen molar-refractivity contribution in [2.75, 3.05) is 19.8 Å². The fourth-order valence-corrected chi connectivity index (χ4v) is 4.13. The van der Waals surface area contributed by atoms with Crippen molar-refractivity contribution in [2.24, 2.45) is 5.92 Å². The molecule has 0 unspecified atom stereocenters. The second kappa shape index (κ2) is 6.72. The molecule has 0 spiro atoms. The minimum absolute atomic E-state index is 0.00336. The van der Waals surface area contributed by atoms with E-state index in [1.807, 2.05) is 24.3 Å². The third-order valence-electron chi connectivity index (χ3n) is 5.46. The smallest absolute Gasteiger partial charge is 0.407 e. The molecule has 0 radical (unpaired) electrons. The third kappa shape index (κ3) is 3.07.